The predicted octanol–water partition coefficient (Wildman–Crippen LogP) is 3.20. The zero-order chi connectivity index (χ0) is 19.6. The number of urea groups is 1. The van der Waals surface area contributed by atoms with Gasteiger partial charge < -0.3 is 15.5 Å². The highest BCUT2D eigenvalue weighted by atomic mass is 16.6. The van der Waals surface area contributed by atoms with Crippen molar-refractivity contribution in [1.29, 1.82) is 0 Å². The Balaban J connectivity index is 1.98. The second-order valence-electron chi connectivity index (χ2n) is 6.11. The molecule has 0 saturated carbocycles. The highest BCUT2D eigenvalue weighted by Crippen LogP contribution is 2.31. The van der Waals surface area contributed by atoms with Crippen LogP contribution in [0.5, 0.6) is 0 Å². The fourth-order valence-electron chi connectivity index (χ4n) is 2.89. The first-order chi connectivity index (χ1) is 12.9. The minimum Gasteiger partial charge on any atom is -0.327 e. The van der Waals surface area contributed by atoms with Gasteiger partial charge in [0.15, 0.2) is 0 Å². The molecule has 1 unspecified atom stereocenters. The number of para-hydroxylation sites is 1. The molecule has 0 bridgehead atoms. The standard InChI is InChI=1S/C19H18N4O4/c1-12-16(18(24)20-14-6-4-3-5-7-14)17(21-19(25)22(12)2)13-8-10-15(11-9-13)23(26)27/h3-11,17H,1-2H3,(H,20,24)(H,21,25). The molecule has 3 rings (SSSR count). The average Bonchev–Trinajstić information content (AvgIpc) is 2.66. The average molecular weight is 366 g/mol. The maximum Gasteiger partial charge on any atom is 0.322 e. The number of benzene rings is 2. The molecule has 3 amide bonds. The Labute approximate surface area is 155 Å². The van der Waals surface area contributed by atoms with Gasteiger partial charge in [0.05, 0.1) is 16.5 Å². The Morgan fingerprint density at radius 3 is 2.37 bits per heavy atom. The van der Waals surface area contributed by atoms with Crippen LogP contribution in [0, 0.1) is 10.1 Å². The number of nitrogens with one attached hydrogen (secondary N) is 2. The molecule has 2 N–H and O–H groups in total. The van der Waals surface area contributed by atoms with E-state index in [1.807, 2.05) is 6.07 Å². The van der Waals surface area contributed by atoms with Crippen molar-refractivity contribution in [2.75, 3.05) is 12.4 Å². The van der Waals surface area contributed by atoms with E-state index in [1.54, 1.807) is 38.2 Å². The number of allylic oxidation sites excluding steroid dienone is 1. The van der Waals surface area contributed by atoms with Crippen LogP contribution in [-0.4, -0.2) is 28.8 Å². The summed E-state index contributed by atoms with van der Waals surface area (Å²) in [7, 11) is 1.58. The Morgan fingerprint density at radius 1 is 1.15 bits per heavy atom. The Bertz CT molecular complexity index is 922. The summed E-state index contributed by atoms with van der Waals surface area (Å²) in [4.78, 5) is 36.9. The highest BCUT2D eigenvalue weighted by molar-refractivity contribution is 6.06. The van der Waals surface area contributed by atoms with Crippen molar-refractivity contribution in [2.45, 2.75) is 13.0 Å². The molecule has 0 spiro atoms. The van der Waals surface area contributed by atoms with Crippen LogP contribution in [0.4, 0.5) is 16.2 Å². The molecule has 2 aromatic carbocycles. The van der Waals surface area contributed by atoms with Gasteiger partial charge in [0.2, 0.25) is 0 Å². The third-order valence-electron chi connectivity index (χ3n) is 4.47. The number of rotatable bonds is 4. The largest absolute Gasteiger partial charge is 0.327 e. The lowest BCUT2D eigenvalue weighted by molar-refractivity contribution is -0.384. The van der Waals surface area contributed by atoms with E-state index in [-0.39, 0.29) is 17.6 Å². The lowest BCUT2D eigenvalue weighted by atomic mass is 9.94. The summed E-state index contributed by atoms with van der Waals surface area (Å²) in [5.41, 5.74) is 2.03. The van der Waals surface area contributed by atoms with E-state index in [4.69, 9.17) is 0 Å². The second kappa shape index (κ2) is 7.28. The van der Waals surface area contributed by atoms with Crippen LogP contribution in [0.25, 0.3) is 0 Å². The summed E-state index contributed by atoms with van der Waals surface area (Å²) in [6, 6.07) is 13.7. The second-order valence-corrected chi connectivity index (χ2v) is 6.11. The van der Waals surface area contributed by atoms with Gasteiger partial charge in [0.25, 0.3) is 11.6 Å². The van der Waals surface area contributed by atoms with Crippen molar-refractivity contribution in [3.8, 4) is 0 Å². The minimum atomic E-state index is -0.710. The molecule has 1 aliphatic rings. The van der Waals surface area contributed by atoms with Gasteiger partial charge in [-0.15, -0.1) is 0 Å². The lowest BCUT2D eigenvalue weighted by Gasteiger charge is -2.33. The number of nitro groups is 1. The topological polar surface area (TPSA) is 105 Å². The Hall–Kier alpha value is -3.68. The third kappa shape index (κ3) is 3.64. The highest BCUT2D eigenvalue weighted by Gasteiger charge is 2.34. The smallest absolute Gasteiger partial charge is 0.322 e. The number of carbonyl (C=O) groups is 2. The molecule has 27 heavy (non-hydrogen) atoms. The quantitative estimate of drug-likeness (QED) is 0.640. The van der Waals surface area contributed by atoms with Gasteiger partial charge in [-0.05, 0) is 36.8 Å². The number of anilines is 1. The number of nitro benzene ring substituents is 1. The van der Waals surface area contributed by atoms with Crippen LogP contribution in [-0.2, 0) is 4.79 Å². The maximum absolute atomic E-state index is 12.9. The van der Waals surface area contributed by atoms with Gasteiger partial charge in [-0.3, -0.25) is 14.9 Å². The third-order valence-corrected chi connectivity index (χ3v) is 4.47. The van der Waals surface area contributed by atoms with Crippen molar-refractivity contribution in [3.05, 3.63) is 81.5 Å². The van der Waals surface area contributed by atoms with E-state index in [1.165, 1.54) is 29.2 Å². The molecule has 0 radical (unpaired) electrons. The first-order valence-electron chi connectivity index (χ1n) is 8.24. The van der Waals surface area contributed by atoms with Gasteiger partial charge in [-0.25, -0.2) is 4.79 Å². The number of carbonyl (C=O) groups excluding carboxylic acids is 2. The van der Waals surface area contributed by atoms with Crippen LogP contribution in [0.1, 0.15) is 18.5 Å². The van der Waals surface area contributed by atoms with Crippen LogP contribution in [0.15, 0.2) is 65.9 Å². The van der Waals surface area contributed by atoms with Crippen molar-refractivity contribution in [2.24, 2.45) is 0 Å². The molecule has 2 aromatic rings. The fraction of sp³-hybridized carbons (Fsp3) is 0.158. The van der Waals surface area contributed by atoms with Gasteiger partial charge in [0.1, 0.15) is 0 Å². The van der Waals surface area contributed by atoms with Crippen molar-refractivity contribution in [1.82, 2.24) is 10.2 Å². The molecule has 8 heteroatoms. The number of amides is 3. The molecule has 138 valence electrons. The predicted molar refractivity (Wildman–Crippen MR) is 99.9 cm³/mol. The van der Waals surface area contributed by atoms with E-state index in [2.05, 4.69) is 10.6 Å². The molecule has 0 saturated heterocycles. The zero-order valence-electron chi connectivity index (χ0n) is 14.8. The first kappa shape index (κ1) is 18.1. The van der Waals surface area contributed by atoms with E-state index in [0.717, 1.165) is 0 Å². The van der Waals surface area contributed by atoms with Gasteiger partial charge in [-0.2, -0.15) is 0 Å². The molecule has 8 nitrogen and oxygen atoms in total. The molecule has 0 fully saturated rings. The summed E-state index contributed by atoms with van der Waals surface area (Å²) in [6.45, 7) is 1.69. The lowest BCUT2D eigenvalue weighted by Crippen LogP contribution is -2.46. The number of non-ortho nitro benzene ring substituents is 1. The molecule has 0 aliphatic carbocycles. The normalized spacial score (nSPS) is 16.7. The van der Waals surface area contributed by atoms with Crippen LogP contribution >= 0.6 is 0 Å². The van der Waals surface area contributed by atoms with E-state index in [9.17, 15) is 19.7 Å². The molecule has 0 aromatic heterocycles. The summed E-state index contributed by atoms with van der Waals surface area (Å²) in [5, 5.41) is 16.5. The SMILES string of the molecule is CC1=C(C(=O)Nc2ccccc2)C(c2ccc([N+](=O)[O-])cc2)NC(=O)N1C. The van der Waals surface area contributed by atoms with E-state index < -0.39 is 11.0 Å². The van der Waals surface area contributed by atoms with Gasteiger partial charge in [-0.1, -0.05) is 18.2 Å². The van der Waals surface area contributed by atoms with Crippen molar-refractivity contribution in [3.63, 3.8) is 0 Å². The number of nitrogens with zero attached hydrogens (tertiary/aromatic N) is 2. The molecule has 1 aliphatic heterocycles. The summed E-state index contributed by atoms with van der Waals surface area (Å²) < 4.78 is 0. The van der Waals surface area contributed by atoms with Crippen molar-refractivity contribution >= 4 is 23.3 Å². The van der Waals surface area contributed by atoms with Crippen LogP contribution in [0.3, 0.4) is 0 Å². The molecular weight excluding hydrogens is 348 g/mol. The first-order valence-corrected chi connectivity index (χ1v) is 8.24. The summed E-state index contributed by atoms with van der Waals surface area (Å²) >= 11 is 0. The van der Waals surface area contributed by atoms with E-state index >= 15 is 0 Å². The molecular formula is C19H18N4O4. The monoisotopic (exact) mass is 366 g/mol. The Morgan fingerprint density at radius 2 is 1.78 bits per heavy atom. The number of hydrogen-bond acceptors (Lipinski definition) is 4. The summed E-state index contributed by atoms with van der Waals surface area (Å²) in [5.74, 6) is -0.353. The Kier molecular flexibility index (Phi) is 4.89. The van der Waals surface area contributed by atoms with Crippen LogP contribution in [0.2, 0.25) is 0 Å². The summed E-state index contributed by atoms with van der Waals surface area (Å²) in [6.07, 6.45) is 0. The maximum atomic E-state index is 12.9. The number of hydrogen-bond donors (Lipinski definition) is 2. The molecule has 1 heterocycles. The van der Waals surface area contributed by atoms with Gasteiger partial charge >= 0.3 is 6.03 Å². The van der Waals surface area contributed by atoms with Crippen molar-refractivity contribution < 1.29 is 14.5 Å². The zero-order valence-corrected chi connectivity index (χ0v) is 14.8. The van der Waals surface area contributed by atoms with E-state index in [0.29, 0.717) is 22.5 Å². The van der Waals surface area contributed by atoms with Gasteiger partial charge in [0, 0.05) is 30.6 Å². The minimum absolute atomic E-state index is 0.0611. The fourth-order valence-corrected chi connectivity index (χ4v) is 2.89. The molecule has 1 atom stereocenters. The van der Waals surface area contributed by atoms with Crippen LogP contribution < -0.4 is 10.6 Å².